The van der Waals surface area contributed by atoms with Gasteiger partial charge in [-0.3, -0.25) is 4.98 Å². The maximum Gasteiger partial charge on any atom is 0.0556 e. The highest BCUT2D eigenvalue weighted by Gasteiger charge is 2.40. The van der Waals surface area contributed by atoms with Crippen LogP contribution in [0.25, 0.3) is 0 Å². The van der Waals surface area contributed by atoms with Crippen LogP contribution in [-0.4, -0.2) is 30.7 Å². The van der Waals surface area contributed by atoms with E-state index in [1.165, 1.54) is 25.2 Å². The van der Waals surface area contributed by atoms with Crippen LogP contribution in [-0.2, 0) is 0 Å². The average molecular weight is 203 g/mol. The Bertz CT molecular complexity index is 346. The molecule has 3 heteroatoms. The number of pyridine rings is 1. The fourth-order valence-electron chi connectivity index (χ4n) is 2.65. The molecule has 2 aliphatic rings. The van der Waals surface area contributed by atoms with Crippen molar-refractivity contribution in [3.05, 3.63) is 24.0 Å². The van der Waals surface area contributed by atoms with E-state index in [1.54, 1.807) is 0 Å². The monoisotopic (exact) mass is 203 g/mol. The SMILES string of the molecule is Cc1ccc(N2C[C@@H]3CCNC[C@@H]32)cn1. The molecule has 0 amide bonds. The smallest absolute Gasteiger partial charge is 0.0556 e. The first kappa shape index (κ1) is 9.16. The van der Waals surface area contributed by atoms with E-state index in [9.17, 15) is 0 Å². The second kappa shape index (κ2) is 3.49. The summed E-state index contributed by atoms with van der Waals surface area (Å²) in [6.45, 7) is 5.58. The molecule has 0 aromatic carbocycles. The summed E-state index contributed by atoms with van der Waals surface area (Å²) in [5.41, 5.74) is 2.38. The number of nitrogens with one attached hydrogen (secondary N) is 1. The Hall–Kier alpha value is -1.09. The molecule has 0 aliphatic carbocycles. The number of fused-ring (bicyclic) bond motifs is 1. The summed E-state index contributed by atoms with van der Waals surface area (Å²) < 4.78 is 0. The number of hydrogen-bond acceptors (Lipinski definition) is 3. The molecular formula is C12H17N3. The first-order valence-electron chi connectivity index (χ1n) is 5.74. The molecule has 2 atom stereocenters. The standard InChI is InChI=1S/C12H17N3/c1-9-2-3-11(6-14-9)15-8-10-4-5-13-7-12(10)15/h2-3,6,10,12-13H,4-5,7-8H2,1H3/t10-,12-/m0/s1. The van der Waals surface area contributed by atoms with Crippen LogP contribution in [0.3, 0.4) is 0 Å². The fraction of sp³-hybridized carbons (Fsp3) is 0.583. The molecule has 2 fully saturated rings. The molecular weight excluding hydrogens is 186 g/mol. The van der Waals surface area contributed by atoms with Gasteiger partial charge in [0.1, 0.15) is 0 Å². The summed E-state index contributed by atoms with van der Waals surface area (Å²) in [5.74, 6) is 0.910. The van der Waals surface area contributed by atoms with Crippen LogP contribution in [0.2, 0.25) is 0 Å². The van der Waals surface area contributed by atoms with Gasteiger partial charge in [-0.2, -0.15) is 0 Å². The third-order valence-electron chi connectivity index (χ3n) is 3.65. The third-order valence-corrected chi connectivity index (χ3v) is 3.65. The van der Waals surface area contributed by atoms with Gasteiger partial charge in [0.25, 0.3) is 0 Å². The number of aryl methyl sites for hydroxylation is 1. The van der Waals surface area contributed by atoms with Gasteiger partial charge in [-0.1, -0.05) is 0 Å². The van der Waals surface area contributed by atoms with Crippen molar-refractivity contribution < 1.29 is 0 Å². The van der Waals surface area contributed by atoms with Gasteiger partial charge in [0.15, 0.2) is 0 Å². The number of nitrogens with zero attached hydrogens (tertiary/aromatic N) is 2. The molecule has 80 valence electrons. The van der Waals surface area contributed by atoms with E-state index in [-0.39, 0.29) is 0 Å². The Morgan fingerprint density at radius 3 is 3.13 bits per heavy atom. The van der Waals surface area contributed by atoms with E-state index >= 15 is 0 Å². The highest BCUT2D eigenvalue weighted by molar-refractivity contribution is 5.49. The number of anilines is 1. The Balaban J connectivity index is 1.76. The molecule has 0 bridgehead atoms. The molecule has 0 spiro atoms. The molecule has 2 aliphatic heterocycles. The topological polar surface area (TPSA) is 28.2 Å². The molecule has 1 N–H and O–H groups in total. The van der Waals surface area contributed by atoms with Crippen LogP contribution in [0.4, 0.5) is 5.69 Å². The van der Waals surface area contributed by atoms with Gasteiger partial charge in [0.05, 0.1) is 11.9 Å². The molecule has 2 saturated heterocycles. The first-order chi connectivity index (χ1) is 7.34. The van der Waals surface area contributed by atoms with Crippen LogP contribution in [0, 0.1) is 12.8 Å². The molecule has 1 aromatic rings. The Morgan fingerprint density at radius 1 is 1.47 bits per heavy atom. The van der Waals surface area contributed by atoms with Crippen molar-refractivity contribution in [2.45, 2.75) is 19.4 Å². The molecule has 0 saturated carbocycles. The Labute approximate surface area is 90.5 Å². The zero-order valence-corrected chi connectivity index (χ0v) is 9.11. The van der Waals surface area contributed by atoms with Crippen molar-refractivity contribution >= 4 is 5.69 Å². The average Bonchev–Trinajstić information content (AvgIpc) is 2.23. The lowest BCUT2D eigenvalue weighted by Gasteiger charge is -2.52. The minimum absolute atomic E-state index is 0.711. The van der Waals surface area contributed by atoms with Crippen molar-refractivity contribution in [1.29, 1.82) is 0 Å². The summed E-state index contributed by atoms with van der Waals surface area (Å²) in [5, 5.41) is 3.47. The predicted octanol–water partition coefficient (Wildman–Crippen LogP) is 1.19. The predicted molar refractivity (Wildman–Crippen MR) is 61.1 cm³/mol. The largest absolute Gasteiger partial charge is 0.365 e. The van der Waals surface area contributed by atoms with Gasteiger partial charge >= 0.3 is 0 Å². The van der Waals surface area contributed by atoms with Gasteiger partial charge in [0, 0.05) is 24.8 Å². The van der Waals surface area contributed by atoms with Gasteiger partial charge < -0.3 is 10.2 Å². The molecule has 3 heterocycles. The van der Waals surface area contributed by atoms with Crippen molar-refractivity contribution in [2.24, 2.45) is 5.92 Å². The lowest BCUT2D eigenvalue weighted by Crippen LogP contribution is -2.63. The van der Waals surface area contributed by atoms with E-state index in [1.807, 2.05) is 13.1 Å². The van der Waals surface area contributed by atoms with E-state index in [4.69, 9.17) is 0 Å². The van der Waals surface area contributed by atoms with Gasteiger partial charge in [-0.25, -0.2) is 0 Å². The van der Waals surface area contributed by atoms with E-state index in [0.717, 1.165) is 18.2 Å². The van der Waals surface area contributed by atoms with Crippen molar-refractivity contribution in [3.63, 3.8) is 0 Å². The normalized spacial score (nSPS) is 29.5. The Kier molecular flexibility index (Phi) is 2.13. The maximum absolute atomic E-state index is 4.36. The molecule has 0 unspecified atom stereocenters. The number of aromatic nitrogens is 1. The highest BCUT2D eigenvalue weighted by Crippen LogP contribution is 2.33. The third kappa shape index (κ3) is 1.51. The molecule has 1 aromatic heterocycles. The second-order valence-corrected chi connectivity index (χ2v) is 4.63. The number of hydrogen-bond donors (Lipinski definition) is 1. The summed E-state index contributed by atoms with van der Waals surface area (Å²) in [6.07, 6.45) is 3.33. The first-order valence-corrected chi connectivity index (χ1v) is 5.74. The van der Waals surface area contributed by atoms with E-state index < -0.39 is 0 Å². The highest BCUT2D eigenvalue weighted by atomic mass is 15.3. The van der Waals surface area contributed by atoms with Gasteiger partial charge in [-0.05, 0) is 37.9 Å². The molecule has 0 radical (unpaired) electrons. The maximum atomic E-state index is 4.36. The quantitative estimate of drug-likeness (QED) is 0.743. The van der Waals surface area contributed by atoms with Crippen molar-refractivity contribution in [3.8, 4) is 0 Å². The van der Waals surface area contributed by atoms with Crippen LogP contribution < -0.4 is 10.2 Å². The second-order valence-electron chi connectivity index (χ2n) is 4.63. The summed E-state index contributed by atoms with van der Waals surface area (Å²) >= 11 is 0. The lowest BCUT2D eigenvalue weighted by molar-refractivity contribution is 0.229. The minimum atomic E-state index is 0.711. The van der Waals surface area contributed by atoms with E-state index in [2.05, 4.69) is 27.3 Å². The summed E-state index contributed by atoms with van der Waals surface area (Å²) in [6, 6.07) is 5.00. The zero-order chi connectivity index (χ0) is 10.3. The number of rotatable bonds is 1. The summed E-state index contributed by atoms with van der Waals surface area (Å²) in [7, 11) is 0. The van der Waals surface area contributed by atoms with Crippen LogP contribution >= 0.6 is 0 Å². The molecule has 3 rings (SSSR count). The molecule has 15 heavy (non-hydrogen) atoms. The van der Waals surface area contributed by atoms with E-state index in [0.29, 0.717) is 6.04 Å². The fourth-order valence-corrected chi connectivity index (χ4v) is 2.65. The van der Waals surface area contributed by atoms with Crippen LogP contribution in [0.1, 0.15) is 12.1 Å². The van der Waals surface area contributed by atoms with Crippen LogP contribution in [0.5, 0.6) is 0 Å². The van der Waals surface area contributed by atoms with Crippen LogP contribution in [0.15, 0.2) is 18.3 Å². The lowest BCUT2D eigenvalue weighted by atomic mass is 9.83. The van der Waals surface area contributed by atoms with Crippen molar-refractivity contribution in [2.75, 3.05) is 24.5 Å². The van der Waals surface area contributed by atoms with Gasteiger partial charge in [-0.15, -0.1) is 0 Å². The number of piperidine rings is 1. The molecule has 3 nitrogen and oxygen atoms in total. The zero-order valence-electron chi connectivity index (χ0n) is 9.11. The minimum Gasteiger partial charge on any atom is -0.365 e. The summed E-state index contributed by atoms with van der Waals surface area (Å²) in [4.78, 5) is 6.83. The van der Waals surface area contributed by atoms with Crippen molar-refractivity contribution in [1.82, 2.24) is 10.3 Å². The Morgan fingerprint density at radius 2 is 2.40 bits per heavy atom. The van der Waals surface area contributed by atoms with Gasteiger partial charge in [0.2, 0.25) is 0 Å².